The van der Waals surface area contributed by atoms with Crippen LogP contribution in [0.5, 0.6) is 0 Å². The second kappa shape index (κ2) is 7.81. The minimum atomic E-state index is -1.55. The van der Waals surface area contributed by atoms with Gasteiger partial charge in [0.15, 0.2) is 5.78 Å². The summed E-state index contributed by atoms with van der Waals surface area (Å²) in [6.07, 6.45) is 1.44. The fourth-order valence-corrected chi connectivity index (χ4v) is 8.08. The zero-order chi connectivity index (χ0) is 25.7. The fraction of sp³-hybridized carbons (Fsp3) is 0.250. The highest BCUT2D eigenvalue weighted by Crippen LogP contribution is 2.68. The van der Waals surface area contributed by atoms with Crippen molar-refractivity contribution in [2.75, 3.05) is 17.2 Å². The van der Waals surface area contributed by atoms with E-state index in [0.29, 0.717) is 45.5 Å². The molecular formula is C28H20Cl3N3O3. The van der Waals surface area contributed by atoms with Crippen molar-refractivity contribution in [2.45, 2.75) is 29.8 Å². The van der Waals surface area contributed by atoms with Crippen molar-refractivity contribution in [1.82, 2.24) is 4.90 Å². The van der Waals surface area contributed by atoms with Gasteiger partial charge in [-0.3, -0.25) is 19.3 Å². The van der Waals surface area contributed by atoms with Gasteiger partial charge in [0.25, 0.3) is 5.91 Å². The van der Waals surface area contributed by atoms with Gasteiger partial charge in [0.2, 0.25) is 5.91 Å². The lowest BCUT2D eigenvalue weighted by molar-refractivity contribution is -0.137. The molecule has 4 atom stereocenters. The molecule has 7 rings (SSSR count). The molecule has 3 aromatic rings. The number of rotatable bonds is 2. The largest absolute Gasteiger partial charge is 0.325 e. The summed E-state index contributed by atoms with van der Waals surface area (Å²) in [6, 6.07) is 16.9. The van der Waals surface area contributed by atoms with Gasteiger partial charge in [-0.2, -0.15) is 0 Å². The number of amides is 2. The van der Waals surface area contributed by atoms with Crippen molar-refractivity contribution < 1.29 is 14.4 Å². The van der Waals surface area contributed by atoms with Gasteiger partial charge in [-0.25, -0.2) is 0 Å². The Morgan fingerprint density at radius 3 is 2.38 bits per heavy atom. The molecule has 6 nitrogen and oxygen atoms in total. The number of para-hydroxylation sites is 1. The lowest BCUT2D eigenvalue weighted by Gasteiger charge is -2.43. The average Bonchev–Trinajstić information content (AvgIpc) is 3.58. The van der Waals surface area contributed by atoms with Gasteiger partial charge in [0, 0.05) is 38.6 Å². The van der Waals surface area contributed by atoms with Crippen molar-refractivity contribution in [3.8, 4) is 0 Å². The molecule has 0 bridgehead atoms. The molecule has 0 radical (unpaired) electrons. The standard InChI is InChI=1S/C28H20Cl3N3O3/c29-14-8-10-21-18(12-14)28(26(37)33-21)27(17-4-1-2-5-20(17)32-25(27)36)23(22-6-3-11-34(22)28)24(35)16-9-7-15(30)13-19(16)31/h1-2,4-5,7-10,12-13,22-23H,3,6,11H2,(H,32,36)(H,33,37)/t22-,23-,27-,28+/m0/s1. The third kappa shape index (κ3) is 2.69. The Kier molecular flexibility index (Phi) is 4.90. The Morgan fingerprint density at radius 2 is 1.57 bits per heavy atom. The summed E-state index contributed by atoms with van der Waals surface area (Å²) in [7, 11) is 0. The first-order valence-corrected chi connectivity index (χ1v) is 13.2. The van der Waals surface area contributed by atoms with Crippen molar-refractivity contribution in [1.29, 1.82) is 0 Å². The van der Waals surface area contributed by atoms with Gasteiger partial charge in [0.05, 0.1) is 10.9 Å². The molecule has 37 heavy (non-hydrogen) atoms. The number of fused-ring (bicyclic) bond motifs is 7. The number of benzene rings is 3. The minimum Gasteiger partial charge on any atom is -0.325 e. The van der Waals surface area contributed by atoms with Crippen LogP contribution in [0.4, 0.5) is 11.4 Å². The highest BCUT2D eigenvalue weighted by atomic mass is 35.5. The van der Waals surface area contributed by atoms with E-state index in [9.17, 15) is 14.4 Å². The molecular weight excluding hydrogens is 533 g/mol. The number of nitrogens with zero attached hydrogens (tertiary/aromatic N) is 1. The van der Waals surface area contributed by atoms with Crippen LogP contribution in [0.2, 0.25) is 15.1 Å². The number of halogens is 3. The predicted octanol–water partition coefficient (Wildman–Crippen LogP) is 5.66. The Morgan fingerprint density at radius 1 is 0.865 bits per heavy atom. The van der Waals surface area contributed by atoms with E-state index in [1.54, 1.807) is 30.3 Å². The molecule has 186 valence electrons. The summed E-state index contributed by atoms with van der Waals surface area (Å²) in [5, 5.41) is 7.09. The summed E-state index contributed by atoms with van der Waals surface area (Å²) in [5.41, 5.74) is -0.312. The van der Waals surface area contributed by atoms with Crippen LogP contribution in [0.15, 0.2) is 60.7 Å². The van der Waals surface area contributed by atoms with E-state index in [-0.39, 0.29) is 34.2 Å². The molecule has 2 saturated heterocycles. The van der Waals surface area contributed by atoms with Crippen molar-refractivity contribution >= 4 is 63.8 Å². The molecule has 2 spiro atoms. The number of anilines is 2. The number of carbonyl (C=O) groups is 3. The Balaban J connectivity index is 1.60. The van der Waals surface area contributed by atoms with E-state index in [4.69, 9.17) is 34.8 Å². The van der Waals surface area contributed by atoms with Gasteiger partial charge in [-0.1, -0.05) is 53.0 Å². The van der Waals surface area contributed by atoms with Gasteiger partial charge < -0.3 is 10.6 Å². The van der Waals surface area contributed by atoms with E-state index < -0.39 is 16.9 Å². The van der Waals surface area contributed by atoms with Gasteiger partial charge in [0.1, 0.15) is 11.0 Å². The molecule has 4 heterocycles. The van der Waals surface area contributed by atoms with Crippen molar-refractivity contribution in [3.05, 3.63) is 92.4 Å². The first-order valence-electron chi connectivity index (χ1n) is 12.1. The Labute approximate surface area is 227 Å². The molecule has 0 saturated carbocycles. The van der Waals surface area contributed by atoms with Gasteiger partial charge >= 0.3 is 0 Å². The van der Waals surface area contributed by atoms with Gasteiger partial charge in [-0.05, 0) is 67.4 Å². The van der Waals surface area contributed by atoms with Crippen molar-refractivity contribution in [3.63, 3.8) is 0 Å². The maximum atomic E-state index is 14.6. The van der Waals surface area contributed by atoms with Crippen LogP contribution in [-0.2, 0) is 20.5 Å². The van der Waals surface area contributed by atoms with Crippen LogP contribution in [0, 0.1) is 5.92 Å². The normalized spacial score (nSPS) is 29.4. The first kappa shape index (κ1) is 23.2. The Bertz CT molecular complexity index is 1560. The van der Waals surface area contributed by atoms with Crippen LogP contribution in [0.25, 0.3) is 0 Å². The number of Topliss-reactive ketones (excluding diaryl/α,β-unsaturated/α-hetero) is 1. The lowest BCUT2D eigenvalue weighted by Crippen LogP contribution is -2.62. The number of hydrogen-bond acceptors (Lipinski definition) is 4. The molecule has 0 aromatic heterocycles. The van der Waals surface area contributed by atoms with Crippen LogP contribution >= 0.6 is 34.8 Å². The highest BCUT2D eigenvalue weighted by molar-refractivity contribution is 6.37. The SMILES string of the molecule is O=C(c1ccc(Cl)cc1Cl)[C@@H]1[C@@H]2CCCN2[C@]2(C(=O)Nc3ccc(Cl)cc32)[C@]12C(=O)Nc1ccccc12. The van der Waals surface area contributed by atoms with E-state index in [2.05, 4.69) is 15.5 Å². The minimum absolute atomic E-state index is 0.212. The molecule has 2 fully saturated rings. The molecule has 2 amide bonds. The summed E-state index contributed by atoms with van der Waals surface area (Å²) in [4.78, 5) is 45.4. The van der Waals surface area contributed by atoms with E-state index >= 15 is 0 Å². The third-order valence-corrected chi connectivity index (χ3v) is 9.32. The predicted molar refractivity (Wildman–Crippen MR) is 143 cm³/mol. The monoisotopic (exact) mass is 551 g/mol. The second-order valence-electron chi connectivity index (χ2n) is 10.0. The summed E-state index contributed by atoms with van der Waals surface area (Å²) >= 11 is 19.2. The molecule has 0 unspecified atom stereocenters. The molecule has 3 aromatic carbocycles. The quantitative estimate of drug-likeness (QED) is 0.402. The van der Waals surface area contributed by atoms with Crippen LogP contribution in [0.1, 0.15) is 34.3 Å². The topological polar surface area (TPSA) is 78.5 Å². The second-order valence-corrected chi connectivity index (χ2v) is 11.3. The molecule has 4 aliphatic rings. The van der Waals surface area contributed by atoms with E-state index in [1.807, 2.05) is 24.3 Å². The summed E-state index contributed by atoms with van der Waals surface area (Å²) < 4.78 is 0. The van der Waals surface area contributed by atoms with Crippen LogP contribution in [0.3, 0.4) is 0 Å². The maximum absolute atomic E-state index is 14.6. The number of carbonyl (C=O) groups excluding carboxylic acids is 3. The molecule has 2 N–H and O–H groups in total. The average molecular weight is 553 g/mol. The zero-order valence-corrected chi connectivity index (χ0v) is 21.6. The third-order valence-electron chi connectivity index (χ3n) is 8.54. The molecule has 9 heteroatoms. The number of ketones is 1. The lowest BCUT2D eigenvalue weighted by atomic mass is 9.57. The van der Waals surface area contributed by atoms with Gasteiger partial charge in [-0.15, -0.1) is 0 Å². The Hall–Kier alpha value is -2.90. The van der Waals surface area contributed by atoms with E-state index in [1.165, 1.54) is 6.07 Å². The molecule has 4 aliphatic heterocycles. The number of nitrogens with one attached hydrogen (secondary N) is 2. The maximum Gasteiger partial charge on any atom is 0.251 e. The van der Waals surface area contributed by atoms with Crippen molar-refractivity contribution in [2.24, 2.45) is 5.92 Å². The summed E-state index contributed by atoms with van der Waals surface area (Å²) in [6.45, 7) is 0.555. The fourth-order valence-electron chi connectivity index (χ4n) is 7.41. The smallest absolute Gasteiger partial charge is 0.251 e. The number of hydrogen-bond donors (Lipinski definition) is 2. The summed E-state index contributed by atoms with van der Waals surface area (Å²) in [5.74, 6) is -1.88. The highest BCUT2D eigenvalue weighted by Gasteiger charge is 2.81. The zero-order valence-electron chi connectivity index (χ0n) is 19.4. The van der Waals surface area contributed by atoms with Crippen LogP contribution in [-0.4, -0.2) is 35.1 Å². The van der Waals surface area contributed by atoms with E-state index in [0.717, 1.165) is 6.42 Å². The molecule has 0 aliphatic carbocycles. The first-order chi connectivity index (χ1) is 17.8. The van der Waals surface area contributed by atoms with Crippen LogP contribution < -0.4 is 10.6 Å².